The van der Waals surface area contributed by atoms with Crippen molar-refractivity contribution in [3.63, 3.8) is 0 Å². The molecule has 11 heavy (non-hydrogen) atoms. The van der Waals surface area contributed by atoms with E-state index >= 15 is 0 Å². The molecular formula is C7H11O3P. The molecule has 0 rings (SSSR count). The monoisotopic (exact) mass is 174 g/mol. The Morgan fingerprint density at radius 1 is 1.82 bits per heavy atom. The van der Waals surface area contributed by atoms with E-state index in [2.05, 4.69) is 17.0 Å². The number of terminal acetylenes is 1. The molecule has 0 heterocycles. The van der Waals surface area contributed by atoms with Gasteiger partial charge in [0, 0.05) is 5.82 Å². The molecule has 0 aliphatic carbocycles. The van der Waals surface area contributed by atoms with Crippen molar-refractivity contribution in [2.75, 3.05) is 0 Å². The zero-order valence-electron chi connectivity index (χ0n) is 6.57. The van der Waals surface area contributed by atoms with Gasteiger partial charge < -0.3 is 4.89 Å². The van der Waals surface area contributed by atoms with Gasteiger partial charge in [-0.25, -0.2) is 0 Å². The summed E-state index contributed by atoms with van der Waals surface area (Å²) in [6, 6.07) is 0. The highest BCUT2D eigenvalue weighted by Crippen LogP contribution is 2.46. The summed E-state index contributed by atoms with van der Waals surface area (Å²) in [5, 5.41) is 0. The van der Waals surface area contributed by atoms with Crippen molar-refractivity contribution in [1.29, 1.82) is 0 Å². The Morgan fingerprint density at radius 2 is 2.27 bits per heavy atom. The molecule has 3 nitrogen and oxygen atoms in total. The Morgan fingerprint density at radius 3 is 2.55 bits per heavy atom. The smallest absolute Gasteiger partial charge is 0.321 e. The molecule has 0 fully saturated rings. The fraction of sp³-hybridized carbons (Fsp3) is 0.429. The Kier molecular flexibility index (Phi) is 3.07. The first-order valence-electron chi connectivity index (χ1n) is 2.97. The Bertz CT molecular complexity index is 237. The van der Waals surface area contributed by atoms with Gasteiger partial charge in [-0.3, -0.25) is 9.09 Å². The molecule has 0 aliphatic rings. The summed E-state index contributed by atoms with van der Waals surface area (Å²) in [5.74, 6) is 3.08. The summed E-state index contributed by atoms with van der Waals surface area (Å²) in [5.41, 5.74) is -1.03. The van der Waals surface area contributed by atoms with Gasteiger partial charge in [-0.05, 0) is 13.8 Å². The number of hydrogen-bond donors (Lipinski definition) is 1. The zero-order chi connectivity index (χ0) is 9.12. The van der Waals surface area contributed by atoms with Crippen LogP contribution in [-0.2, 0) is 9.09 Å². The normalized spacial score (nSPS) is 16.5. The average molecular weight is 174 g/mol. The van der Waals surface area contributed by atoms with Crippen molar-refractivity contribution in [3.05, 3.63) is 12.4 Å². The molecule has 1 N–H and O–H groups in total. The van der Waals surface area contributed by atoms with Crippen LogP contribution in [0.25, 0.3) is 0 Å². The van der Waals surface area contributed by atoms with E-state index in [1.807, 2.05) is 0 Å². The van der Waals surface area contributed by atoms with Crippen LogP contribution < -0.4 is 0 Å². The molecule has 0 bridgehead atoms. The highest BCUT2D eigenvalue weighted by Gasteiger charge is 2.25. The Labute approximate surface area is 66.6 Å². The molecule has 0 radical (unpaired) electrons. The Hall–Kier alpha value is -0.550. The summed E-state index contributed by atoms with van der Waals surface area (Å²) in [6.07, 6.45) is 5.03. The molecule has 1 unspecified atom stereocenters. The second kappa shape index (κ2) is 3.23. The largest absolute Gasteiger partial charge is 0.352 e. The van der Waals surface area contributed by atoms with Gasteiger partial charge in [0.05, 0.1) is 0 Å². The first kappa shape index (κ1) is 10.4. The highest BCUT2D eigenvalue weighted by atomic mass is 31.2. The van der Waals surface area contributed by atoms with Crippen LogP contribution in [0, 0.1) is 12.3 Å². The first-order valence-corrected chi connectivity index (χ1v) is 4.62. The van der Waals surface area contributed by atoms with Crippen LogP contribution in [0.4, 0.5) is 0 Å². The van der Waals surface area contributed by atoms with Crippen molar-refractivity contribution >= 4 is 7.60 Å². The second-order valence-corrected chi connectivity index (χ2v) is 4.17. The highest BCUT2D eigenvalue weighted by molar-refractivity contribution is 7.56. The van der Waals surface area contributed by atoms with E-state index in [4.69, 9.17) is 11.3 Å². The molecule has 0 amide bonds. The van der Waals surface area contributed by atoms with Gasteiger partial charge >= 0.3 is 7.60 Å². The molecule has 0 aliphatic heterocycles. The molecule has 4 heteroatoms. The molecule has 1 atom stereocenters. The van der Waals surface area contributed by atoms with Crippen LogP contribution in [-0.4, -0.2) is 10.5 Å². The van der Waals surface area contributed by atoms with Crippen LogP contribution in [0.1, 0.15) is 13.8 Å². The lowest BCUT2D eigenvalue weighted by atomic mass is 10.2. The van der Waals surface area contributed by atoms with E-state index < -0.39 is 13.2 Å². The molecule has 0 spiro atoms. The van der Waals surface area contributed by atoms with E-state index in [1.54, 1.807) is 0 Å². The van der Waals surface area contributed by atoms with Gasteiger partial charge in [-0.2, -0.15) is 0 Å². The third-order valence-electron chi connectivity index (χ3n) is 0.937. The lowest BCUT2D eigenvalue weighted by molar-refractivity contribution is 0.153. The van der Waals surface area contributed by atoms with Gasteiger partial charge in [0.2, 0.25) is 0 Å². The summed E-state index contributed by atoms with van der Waals surface area (Å²) < 4.78 is 15.6. The summed E-state index contributed by atoms with van der Waals surface area (Å²) in [6.45, 7) is 6.20. The predicted octanol–water partition coefficient (Wildman–Crippen LogP) is 1.74. The molecule has 0 aromatic rings. The first-order chi connectivity index (χ1) is 4.83. The maximum atomic E-state index is 10.9. The molecule has 0 aromatic heterocycles. The van der Waals surface area contributed by atoms with Gasteiger partial charge in [-0.1, -0.05) is 12.5 Å². The van der Waals surface area contributed by atoms with Crippen LogP contribution in [0.15, 0.2) is 12.4 Å². The maximum Gasteiger partial charge on any atom is 0.352 e. The minimum Gasteiger partial charge on any atom is -0.321 e. The molecule has 0 saturated heterocycles. The van der Waals surface area contributed by atoms with E-state index in [-0.39, 0.29) is 0 Å². The third kappa shape index (κ3) is 4.00. The van der Waals surface area contributed by atoms with Gasteiger partial charge in [0.15, 0.2) is 0 Å². The maximum absolute atomic E-state index is 10.9. The van der Waals surface area contributed by atoms with Gasteiger partial charge in [0.25, 0.3) is 0 Å². The predicted molar refractivity (Wildman–Crippen MR) is 44.0 cm³/mol. The van der Waals surface area contributed by atoms with E-state index in [9.17, 15) is 4.57 Å². The van der Waals surface area contributed by atoms with Crippen LogP contribution in [0.5, 0.6) is 0 Å². The zero-order valence-corrected chi connectivity index (χ0v) is 7.47. The number of rotatable bonds is 3. The van der Waals surface area contributed by atoms with E-state index in [0.29, 0.717) is 0 Å². The topological polar surface area (TPSA) is 46.5 Å². The third-order valence-corrected chi connectivity index (χ3v) is 2.12. The SMILES string of the molecule is C#CC(C)(C)OP(=O)(O)C=C. The van der Waals surface area contributed by atoms with E-state index in [1.165, 1.54) is 13.8 Å². The lowest BCUT2D eigenvalue weighted by Gasteiger charge is -2.19. The quantitative estimate of drug-likeness (QED) is 0.523. The Balaban J connectivity index is 4.41. The van der Waals surface area contributed by atoms with Crippen molar-refractivity contribution in [3.8, 4) is 12.3 Å². The van der Waals surface area contributed by atoms with Crippen molar-refractivity contribution in [2.24, 2.45) is 0 Å². The molecule has 0 aromatic carbocycles. The van der Waals surface area contributed by atoms with Crippen molar-refractivity contribution < 1.29 is 14.0 Å². The van der Waals surface area contributed by atoms with Crippen molar-refractivity contribution in [2.45, 2.75) is 19.4 Å². The molecule has 0 saturated carbocycles. The van der Waals surface area contributed by atoms with Crippen LogP contribution in [0.2, 0.25) is 0 Å². The van der Waals surface area contributed by atoms with Crippen LogP contribution in [0.3, 0.4) is 0 Å². The number of hydrogen-bond acceptors (Lipinski definition) is 2. The fourth-order valence-corrected chi connectivity index (χ4v) is 1.17. The standard InChI is InChI=1S/C7H11O3P/c1-5-7(3,4)10-11(8,9)6-2/h1,6H,2H2,3-4H3,(H,8,9). The summed E-state index contributed by atoms with van der Waals surface area (Å²) in [4.78, 5) is 8.91. The fourth-order valence-electron chi connectivity index (χ4n) is 0.391. The second-order valence-electron chi connectivity index (χ2n) is 2.49. The molecule has 62 valence electrons. The minimum absolute atomic E-state index is 0.853. The van der Waals surface area contributed by atoms with E-state index in [0.717, 1.165) is 5.82 Å². The summed E-state index contributed by atoms with van der Waals surface area (Å²) in [7, 11) is -3.69. The average Bonchev–Trinajstić information content (AvgIpc) is 1.86. The molecular weight excluding hydrogens is 163 g/mol. The minimum atomic E-state index is -3.69. The van der Waals surface area contributed by atoms with Gasteiger partial charge in [-0.15, -0.1) is 6.42 Å². The van der Waals surface area contributed by atoms with Crippen molar-refractivity contribution in [1.82, 2.24) is 0 Å². The summed E-state index contributed by atoms with van der Waals surface area (Å²) >= 11 is 0. The lowest BCUT2D eigenvalue weighted by Crippen LogP contribution is -2.19. The van der Waals surface area contributed by atoms with Crippen LogP contribution >= 0.6 is 7.60 Å². The van der Waals surface area contributed by atoms with Gasteiger partial charge in [0.1, 0.15) is 5.60 Å².